The topological polar surface area (TPSA) is 111 Å². The van der Waals surface area contributed by atoms with Gasteiger partial charge in [-0.2, -0.15) is 0 Å². The van der Waals surface area contributed by atoms with Crippen LogP contribution in [0.4, 0.5) is 10.5 Å². The second kappa shape index (κ2) is 6.70. The molecule has 0 radical (unpaired) electrons. The standard InChI is InChI=1S/C14H14N2O6/c1-21-11(18)7-6-10(17)15-9-4-2-8(3-5-9)12-13(19)16-14(20)22-12/h2-5,12H,6-7H2,1H3,(H,15,17)(H,16,19,20). The Hall–Kier alpha value is -2.90. The van der Waals surface area contributed by atoms with Crippen LogP contribution in [-0.4, -0.2) is 31.0 Å². The third kappa shape index (κ3) is 3.81. The molecule has 2 N–H and O–H groups in total. The summed E-state index contributed by atoms with van der Waals surface area (Å²) in [6.07, 6.45) is -1.75. The average molecular weight is 306 g/mol. The fraction of sp³-hybridized carbons (Fsp3) is 0.286. The number of ether oxygens (including phenoxy) is 2. The summed E-state index contributed by atoms with van der Waals surface area (Å²) in [7, 11) is 1.25. The Bertz CT molecular complexity index is 610. The molecule has 1 aromatic rings. The molecule has 0 spiro atoms. The third-order valence-corrected chi connectivity index (χ3v) is 2.97. The molecule has 1 heterocycles. The van der Waals surface area contributed by atoms with Gasteiger partial charge in [-0.1, -0.05) is 12.1 Å². The molecule has 0 saturated carbocycles. The minimum Gasteiger partial charge on any atom is -0.469 e. The minimum atomic E-state index is -0.975. The van der Waals surface area contributed by atoms with Gasteiger partial charge < -0.3 is 14.8 Å². The molecule has 1 aliphatic rings. The number of nitrogens with one attached hydrogen (secondary N) is 2. The second-order valence-electron chi connectivity index (χ2n) is 4.52. The van der Waals surface area contributed by atoms with Gasteiger partial charge in [0.05, 0.1) is 13.5 Å². The van der Waals surface area contributed by atoms with E-state index in [1.807, 2.05) is 5.32 Å². The molecule has 1 saturated heterocycles. The van der Waals surface area contributed by atoms with Crippen LogP contribution >= 0.6 is 0 Å². The lowest BCUT2D eigenvalue weighted by molar-refractivity contribution is -0.141. The molecule has 8 heteroatoms. The lowest BCUT2D eigenvalue weighted by atomic mass is 10.1. The monoisotopic (exact) mass is 306 g/mol. The maximum absolute atomic E-state index is 11.6. The second-order valence-corrected chi connectivity index (χ2v) is 4.52. The van der Waals surface area contributed by atoms with Crippen LogP contribution in [0.5, 0.6) is 0 Å². The van der Waals surface area contributed by atoms with Gasteiger partial charge in [-0.15, -0.1) is 0 Å². The summed E-state index contributed by atoms with van der Waals surface area (Å²) in [6, 6.07) is 6.28. The minimum absolute atomic E-state index is 0.00138. The summed E-state index contributed by atoms with van der Waals surface area (Å²) in [4.78, 5) is 45.0. The highest BCUT2D eigenvalue weighted by molar-refractivity contribution is 6.00. The highest BCUT2D eigenvalue weighted by Gasteiger charge is 2.33. The van der Waals surface area contributed by atoms with E-state index in [0.717, 1.165) is 0 Å². The smallest absolute Gasteiger partial charge is 0.415 e. The zero-order valence-corrected chi connectivity index (χ0v) is 11.8. The van der Waals surface area contributed by atoms with E-state index in [4.69, 9.17) is 4.74 Å². The van der Waals surface area contributed by atoms with Crippen molar-refractivity contribution in [1.82, 2.24) is 5.32 Å². The van der Waals surface area contributed by atoms with E-state index in [1.54, 1.807) is 24.3 Å². The van der Waals surface area contributed by atoms with Crippen LogP contribution < -0.4 is 10.6 Å². The van der Waals surface area contributed by atoms with Crippen molar-refractivity contribution >= 4 is 29.6 Å². The van der Waals surface area contributed by atoms with Crippen molar-refractivity contribution in [3.63, 3.8) is 0 Å². The molecule has 0 bridgehead atoms. The SMILES string of the molecule is COC(=O)CCC(=O)Nc1ccc(C2OC(=O)NC2=O)cc1. The van der Waals surface area contributed by atoms with Crippen molar-refractivity contribution in [1.29, 1.82) is 0 Å². The fourth-order valence-electron chi connectivity index (χ4n) is 1.86. The van der Waals surface area contributed by atoms with Crippen LogP contribution in [0.1, 0.15) is 24.5 Å². The van der Waals surface area contributed by atoms with Crippen molar-refractivity contribution < 1.29 is 28.7 Å². The number of imide groups is 1. The molecule has 1 unspecified atom stereocenters. The van der Waals surface area contributed by atoms with E-state index in [-0.39, 0.29) is 18.7 Å². The summed E-state index contributed by atoms with van der Waals surface area (Å²) < 4.78 is 9.26. The summed E-state index contributed by atoms with van der Waals surface area (Å²) in [6.45, 7) is 0. The van der Waals surface area contributed by atoms with Gasteiger partial charge in [0, 0.05) is 17.7 Å². The summed E-state index contributed by atoms with van der Waals surface area (Å²) >= 11 is 0. The first kappa shape index (κ1) is 15.5. The van der Waals surface area contributed by atoms with Gasteiger partial charge in [-0.3, -0.25) is 19.7 Å². The lowest BCUT2D eigenvalue weighted by Gasteiger charge is -2.09. The Morgan fingerprint density at radius 3 is 2.45 bits per heavy atom. The number of rotatable bonds is 5. The van der Waals surface area contributed by atoms with E-state index in [2.05, 4.69) is 10.1 Å². The largest absolute Gasteiger partial charge is 0.469 e. The van der Waals surface area contributed by atoms with E-state index < -0.39 is 24.1 Å². The predicted molar refractivity (Wildman–Crippen MR) is 73.7 cm³/mol. The number of hydrogen-bond acceptors (Lipinski definition) is 6. The molecule has 116 valence electrons. The Kier molecular flexibility index (Phi) is 4.72. The van der Waals surface area contributed by atoms with E-state index in [1.165, 1.54) is 7.11 Å². The van der Waals surface area contributed by atoms with Crippen molar-refractivity contribution in [2.45, 2.75) is 18.9 Å². The maximum atomic E-state index is 11.6. The molecule has 3 amide bonds. The summed E-state index contributed by atoms with van der Waals surface area (Å²) in [5.74, 6) is -1.32. The van der Waals surface area contributed by atoms with E-state index >= 15 is 0 Å². The Balaban J connectivity index is 1.92. The van der Waals surface area contributed by atoms with Gasteiger partial charge in [-0.25, -0.2) is 4.79 Å². The van der Waals surface area contributed by atoms with Gasteiger partial charge in [0.1, 0.15) is 0 Å². The number of methoxy groups -OCH3 is 1. The quantitative estimate of drug-likeness (QED) is 0.781. The number of anilines is 1. The average Bonchev–Trinajstić information content (AvgIpc) is 2.84. The number of hydrogen-bond donors (Lipinski definition) is 2. The molecule has 0 aromatic heterocycles. The van der Waals surface area contributed by atoms with E-state index in [0.29, 0.717) is 11.3 Å². The highest BCUT2D eigenvalue weighted by Crippen LogP contribution is 2.23. The highest BCUT2D eigenvalue weighted by atomic mass is 16.6. The fourth-order valence-corrected chi connectivity index (χ4v) is 1.86. The molecule has 1 atom stereocenters. The number of amides is 3. The maximum Gasteiger partial charge on any atom is 0.415 e. The number of benzene rings is 1. The predicted octanol–water partition coefficient (Wildman–Crippen LogP) is 0.886. The van der Waals surface area contributed by atoms with Gasteiger partial charge in [0.15, 0.2) is 0 Å². The first-order chi connectivity index (χ1) is 10.5. The van der Waals surface area contributed by atoms with Crippen molar-refractivity contribution in [3.05, 3.63) is 29.8 Å². The molecule has 2 rings (SSSR count). The first-order valence-electron chi connectivity index (χ1n) is 6.47. The third-order valence-electron chi connectivity index (χ3n) is 2.97. The lowest BCUT2D eigenvalue weighted by Crippen LogP contribution is -2.20. The molecule has 8 nitrogen and oxygen atoms in total. The van der Waals surface area contributed by atoms with Crippen molar-refractivity contribution in [3.8, 4) is 0 Å². The molecule has 0 aliphatic carbocycles. The Labute approximate surface area is 125 Å². The number of carbonyl (C=O) groups is 4. The first-order valence-corrected chi connectivity index (χ1v) is 6.47. The molecule has 1 aliphatic heterocycles. The molecule has 1 aromatic carbocycles. The number of esters is 1. The van der Waals surface area contributed by atoms with Crippen LogP contribution in [0, 0.1) is 0 Å². The number of cyclic esters (lactones) is 1. The summed E-state index contributed by atoms with van der Waals surface area (Å²) in [5, 5.41) is 4.64. The van der Waals surface area contributed by atoms with Crippen LogP contribution in [-0.2, 0) is 23.9 Å². The zero-order chi connectivity index (χ0) is 16.1. The molecular formula is C14H14N2O6. The van der Waals surface area contributed by atoms with Gasteiger partial charge in [0.25, 0.3) is 5.91 Å². The Morgan fingerprint density at radius 1 is 1.23 bits per heavy atom. The van der Waals surface area contributed by atoms with Gasteiger partial charge in [-0.05, 0) is 12.1 Å². The molecule has 1 fully saturated rings. The number of alkyl carbamates (subject to hydrolysis) is 1. The van der Waals surface area contributed by atoms with Crippen LogP contribution in [0.3, 0.4) is 0 Å². The van der Waals surface area contributed by atoms with Crippen LogP contribution in [0.2, 0.25) is 0 Å². The van der Waals surface area contributed by atoms with Crippen molar-refractivity contribution in [2.75, 3.05) is 12.4 Å². The molecule has 22 heavy (non-hydrogen) atoms. The van der Waals surface area contributed by atoms with Crippen molar-refractivity contribution in [2.24, 2.45) is 0 Å². The normalized spacial score (nSPS) is 16.7. The van der Waals surface area contributed by atoms with Crippen LogP contribution in [0.25, 0.3) is 0 Å². The number of carbonyl (C=O) groups excluding carboxylic acids is 4. The summed E-state index contributed by atoms with van der Waals surface area (Å²) in [5.41, 5.74) is 0.999. The van der Waals surface area contributed by atoms with E-state index in [9.17, 15) is 19.2 Å². The van der Waals surface area contributed by atoms with Crippen LogP contribution in [0.15, 0.2) is 24.3 Å². The Morgan fingerprint density at radius 2 is 1.91 bits per heavy atom. The zero-order valence-electron chi connectivity index (χ0n) is 11.8. The van der Waals surface area contributed by atoms with Gasteiger partial charge in [0.2, 0.25) is 12.0 Å². The van der Waals surface area contributed by atoms with Gasteiger partial charge >= 0.3 is 12.1 Å². The molecular weight excluding hydrogens is 292 g/mol.